The van der Waals surface area contributed by atoms with Gasteiger partial charge in [0.15, 0.2) is 0 Å². The lowest BCUT2D eigenvalue weighted by atomic mass is 9.97. The van der Waals surface area contributed by atoms with Crippen LogP contribution in [0.4, 0.5) is 25.0 Å². The number of benzene rings is 2. The molecule has 1 unspecified atom stereocenters. The van der Waals surface area contributed by atoms with E-state index in [9.17, 15) is 13.6 Å². The standard InChI is InChI=1S/C25H27F2N3O3/c1-16-20(3-2-12-32-16)21-14-19(5-7-24(21)33-15-17-8-10-28-11-9-17)29-25(31)30-23-6-4-18(26)13-22(23)27/h2-7,12-14,16-17,28H,8-11,15H2,1H3,(H2,29,30,31). The molecule has 0 aliphatic carbocycles. The Morgan fingerprint density at radius 2 is 1.97 bits per heavy atom. The quantitative estimate of drug-likeness (QED) is 0.553. The number of carbonyl (C=O) groups is 1. The van der Waals surface area contributed by atoms with Crippen LogP contribution in [0.1, 0.15) is 25.3 Å². The number of nitrogens with one attached hydrogen (secondary N) is 3. The number of hydrogen-bond donors (Lipinski definition) is 3. The maximum absolute atomic E-state index is 13.9. The van der Waals surface area contributed by atoms with Crippen molar-refractivity contribution in [2.24, 2.45) is 5.92 Å². The van der Waals surface area contributed by atoms with Crippen molar-refractivity contribution in [3.05, 3.63) is 72.0 Å². The first-order valence-electron chi connectivity index (χ1n) is 11.0. The Kier molecular flexibility index (Phi) is 7.24. The second-order valence-electron chi connectivity index (χ2n) is 8.15. The number of amides is 2. The van der Waals surface area contributed by atoms with Crippen LogP contribution >= 0.6 is 0 Å². The molecule has 1 fully saturated rings. The number of hydrogen-bond acceptors (Lipinski definition) is 4. The van der Waals surface area contributed by atoms with Gasteiger partial charge in [-0.05, 0) is 75.2 Å². The highest BCUT2D eigenvalue weighted by Gasteiger charge is 2.20. The molecule has 3 N–H and O–H groups in total. The molecule has 2 heterocycles. The van der Waals surface area contributed by atoms with E-state index < -0.39 is 17.7 Å². The molecule has 2 aliphatic heterocycles. The Morgan fingerprint density at radius 1 is 1.15 bits per heavy atom. The fourth-order valence-electron chi connectivity index (χ4n) is 3.91. The van der Waals surface area contributed by atoms with E-state index in [1.54, 1.807) is 12.3 Å². The second kappa shape index (κ2) is 10.5. The summed E-state index contributed by atoms with van der Waals surface area (Å²) in [5, 5.41) is 8.45. The van der Waals surface area contributed by atoms with Crippen LogP contribution < -0.4 is 20.7 Å². The fraction of sp³-hybridized carbons (Fsp3) is 0.320. The molecule has 2 aromatic rings. The first-order valence-corrected chi connectivity index (χ1v) is 11.0. The Bertz CT molecular complexity index is 1060. The van der Waals surface area contributed by atoms with Gasteiger partial charge in [0.05, 0.1) is 18.6 Å². The van der Waals surface area contributed by atoms with Gasteiger partial charge >= 0.3 is 6.03 Å². The molecular weight excluding hydrogens is 428 g/mol. The predicted octanol–water partition coefficient (Wildman–Crippen LogP) is 5.30. The van der Waals surface area contributed by atoms with Gasteiger partial charge in [0, 0.05) is 22.9 Å². The Hall–Kier alpha value is -3.39. The highest BCUT2D eigenvalue weighted by Crippen LogP contribution is 2.34. The van der Waals surface area contributed by atoms with Crippen molar-refractivity contribution in [1.29, 1.82) is 0 Å². The summed E-state index contributed by atoms with van der Waals surface area (Å²) in [6.07, 6.45) is 7.36. The van der Waals surface area contributed by atoms with Crippen molar-refractivity contribution in [3.8, 4) is 5.75 Å². The maximum Gasteiger partial charge on any atom is 0.323 e. The van der Waals surface area contributed by atoms with Gasteiger partial charge in [-0.25, -0.2) is 13.6 Å². The van der Waals surface area contributed by atoms with E-state index in [1.807, 2.05) is 31.2 Å². The van der Waals surface area contributed by atoms with Gasteiger partial charge in [0.2, 0.25) is 0 Å². The van der Waals surface area contributed by atoms with Gasteiger partial charge in [-0.1, -0.05) is 6.08 Å². The Morgan fingerprint density at radius 3 is 2.73 bits per heavy atom. The van der Waals surface area contributed by atoms with E-state index >= 15 is 0 Å². The SMILES string of the molecule is CC1OC=CC=C1c1cc(NC(=O)Nc2ccc(F)cc2F)ccc1OCC1CCNCC1. The summed E-state index contributed by atoms with van der Waals surface area (Å²) < 4.78 is 38.8. The van der Waals surface area contributed by atoms with Crippen molar-refractivity contribution in [3.63, 3.8) is 0 Å². The van der Waals surface area contributed by atoms with Crippen molar-refractivity contribution >= 4 is 23.0 Å². The molecule has 6 nitrogen and oxygen atoms in total. The number of anilines is 2. The predicted molar refractivity (Wildman–Crippen MR) is 124 cm³/mol. The van der Waals surface area contributed by atoms with Crippen LogP contribution in [0.3, 0.4) is 0 Å². The van der Waals surface area contributed by atoms with Gasteiger partial charge in [0.1, 0.15) is 23.5 Å². The average Bonchev–Trinajstić information content (AvgIpc) is 2.81. The molecular formula is C25H27F2N3O3. The molecule has 0 saturated carbocycles. The van der Waals surface area contributed by atoms with E-state index in [-0.39, 0.29) is 11.8 Å². The number of carbonyl (C=O) groups excluding carboxylic acids is 1. The minimum Gasteiger partial charge on any atom is -0.494 e. The molecule has 8 heteroatoms. The van der Waals surface area contributed by atoms with E-state index in [0.29, 0.717) is 30.0 Å². The highest BCUT2D eigenvalue weighted by atomic mass is 19.1. The molecule has 0 aromatic heterocycles. The minimum absolute atomic E-state index is 0.113. The zero-order chi connectivity index (χ0) is 23.2. The molecule has 0 spiro atoms. The summed E-state index contributed by atoms with van der Waals surface area (Å²) in [5.74, 6) is -0.366. The van der Waals surface area contributed by atoms with Crippen molar-refractivity contribution in [2.45, 2.75) is 25.9 Å². The van der Waals surface area contributed by atoms with Gasteiger partial charge in [0.25, 0.3) is 0 Å². The number of piperidine rings is 1. The van der Waals surface area contributed by atoms with Crippen molar-refractivity contribution in [2.75, 3.05) is 30.3 Å². The van der Waals surface area contributed by atoms with Crippen LogP contribution in [0.25, 0.3) is 5.57 Å². The summed E-state index contributed by atoms with van der Waals surface area (Å²) in [4.78, 5) is 12.4. The van der Waals surface area contributed by atoms with E-state index in [0.717, 1.165) is 43.1 Å². The minimum atomic E-state index is -0.849. The van der Waals surface area contributed by atoms with Gasteiger partial charge in [-0.15, -0.1) is 0 Å². The van der Waals surface area contributed by atoms with Crippen LogP contribution in [0.2, 0.25) is 0 Å². The largest absolute Gasteiger partial charge is 0.494 e. The van der Waals surface area contributed by atoms with Gasteiger partial charge < -0.3 is 25.4 Å². The number of rotatable bonds is 6. The number of ether oxygens (including phenoxy) is 2. The molecule has 0 radical (unpaired) electrons. The first kappa shape index (κ1) is 22.8. The molecule has 4 rings (SSSR count). The van der Waals surface area contributed by atoms with Gasteiger partial charge in [-0.3, -0.25) is 0 Å². The molecule has 174 valence electrons. The van der Waals surface area contributed by atoms with Crippen LogP contribution in [-0.2, 0) is 4.74 Å². The monoisotopic (exact) mass is 455 g/mol. The normalized spacial score (nSPS) is 18.3. The number of allylic oxidation sites excluding steroid dienone is 2. The smallest absolute Gasteiger partial charge is 0.323 e. The maximum atomic E-state index is 13.9. The zero-order valence-corrected chi connectivity index (χ0v) is 18.4. The van der Waals surface area contributed by atoms with Crippen LogP contribution in [-0.4, -0.2) is 31.8 Å². The summed E-state index contributed by atoms with van der Waals surface area (Å²) in [5.41, 5.74) is 2.12. The van der Waals surface area contributed by atoms with E-state index in [4.69, 9.17) is 9.47 Å². The van der Waals surface area contributed by atoms with Crippen molar-refractivity contribution in [1.82, 2.24) is 5.32 Å². The molecule has 2 amide bonds. The van der Waals surface area contributed by atoms with Crippen LogP contribution in [0.5, 0.6) is 5.75 Å². The molecule has 33 heavy (non-hydrogen) atoms. The summed E-state index contributed by atoms with van der Waals surface area (Å²) in [6, 6.07) is 7.68. The fourth-order valence-corrected chi connectivity index (χ4v) is 3.91. The third-order valence-electron chi connectivity index (χ3n) is 5.74. The van der Waals surface area contributed by atoms with Crippen LogP contribution in [0, 0.1) is 17.6 Å². The van der Waals surface area contributed by atoms with Crippen LogP contribution in [0.15, 0.2) is 54.8 Å². The highest BCUT2D eigenvalue weighted by molar-refractivity contribution is 6.00. The second-order valence-corrected chi connectivity index (χ2v) is 8.15. The van der Waals surface area contributed by atoms with E-state index in [1.165, 1.54) is 6.07 Å². The Labute approximate surface area is 191 Å². The topological polar surface area (TPSA) is 71.6 Å². The lowest BCUT2D eigenvalue weighted by Crippen LogP contribution is -2.30. The van der Waals surface area contributed by atoms with E-state index in [2.05, 4.69) is 16.0 Å². The Balaban J connectivity index is 1.52. The number of halogens is 2. The molecule has 1 saturated heterocycles. The zero-order valence-electron chi connectivity index (χ0n) is 18.4. The van der Waals surface area contributed by atoms with Gasteiger partial charge in [-0.2, -0.15) is 0 Å². The summed E-state index contributed by atoms with van der Waals surface area (Å²) in [7, 11) is 0. The third kappa shape index (κ3) is 5.90. The molecule has 2 aliphatic rings. The average molecular weight is 456 g/mol. The first-order chi connectivity index (χ1) is 16.0. The molecule has 0 bridgehead atoms. The molecule has 2 aromatic carbocycles. The summed E-state index contributed by atoms with van der Waals surface area (Å²) in [6.45, 7) is 4.54. The number of urea groups is 1. The van der Waals surface area contributed by atoms with Crippen molar-refractivity contribution < 1.29 is 23.0 Å². The lowest BCUT2D eigenvalue weighted by Gasteiger charge is -2.25. The molecule has 1 atom stereocenters. The lowest BCUT2D eigenvalue weighted by molar-refractivity contribution is 0.204. The third-order valence-corrected chi connectivity index (χ3v) is 5.74. The summed E-state index contributed by atoms with van der Waals surface area (Å²) >= 11 is 0.